The van der Waals surface area contributed by atoms with Gasteiger partial charge in [0.05, 0.1) is 0 Å². The number of amides is 1. The van der Waals surface area contributed by atoms with Crippen LogP contribution in [-0.2, 0) is 0 Å². The highest BCUT2D eigenvalue weighted by atomic mass is 16.5. The van der Waals surface area contributed by atoms with Crippen LogP contribution in [0.1, 0.15) is 23.2 Å². The van der Waals surface area contributed by atoms with Crippen LogP contribution in [-0.4, -0.2) is 36.5 Å². The molecule has 0 aliphatic carbocycles. The number of nitrogens with two attached hydrogens (primary N) is 1. The zero-order valence-electron chi connectivity index (χ0n) is 14.2. The first kappa shape index (κ1) is 16.0. The molecule has 3 atom stereocenters. The summed E-state index contributed by atoms with van der Waals surface area (Å²) in [6, 6.07) is 14.7. The van der Waals surface area contributed by atoms with E-state index in [1.165, 1.54) is 19.5 Å². The number of nitrogen functional groups attached to an aromatic ring is 1. The Kier molecular flexibility index (Phi) is 4.32. The van der Waals surface area contributed by atoms with E-state index in [2.05, 4.69) is 10.2 Å². The summed E-state index contributed by atoms with van der Waals surface area (Å²) in [5.41, 5.74) is 7.03. The van der Waals surface area contributed by atoms with Crippen LogP contribution in [0.3, 0.4) is 0 Å². The van der Waals surface area contributed by atoms with Crippen LogP contribution in [0.2, 0.25) is 0 Å². The van der Waals surface area contributed by atoms with E-state index >= 15 is 0 Å². The Bertz CT molecular complexity index is 731. The zero-order valence-corrected chi connectivity index (χ0v) is 14.2. The van der Waals surface area contributed by atoms with E-state index in [0.717, 1.165) is 24.6 Å². The standard InChI is InChI=1S/C20H23N3O2/c21-16-3-7-19(8-4-16)25-18-5-1-15(2-6-18)20(24)22-17-11-14-9-10-23(12-14)13-17/h1-8,14,17H,9-13,21H2,(H,22,24)/t14-,17-/m1/s1. The monoisotopic (exact) mass is 337 g/mol. The number of benzene rings is 2. The van der Waals surface area contributed by atoms with Gasteiger partial charge in [0, 0.05) is 30.4 Å². The number of carbonyl (C=O) groups excluding carboxylic acids is 1. The second-order valence-electron chi connectivity index (χ2n) is 7.02. The van der Waals surface area contributed by atoms with E-state index < -0.39 is 0 Å². The largest absolute Gasteiger partial charge is 0.457 e. The van der Waals surface area contributed by atoms with E-state index in [-0.39, 0.29) is 11.9 Å². The third-order valence-corrected chi connectivity index (χ3v) is 5.03. The van der Waals surface area contributed by atoms with Crippen molar-refractivity contribution in [2.45, 2.75) is 18.9 Å². The molecule has 25 heavy (non-hydrogen) atoms. The molecule has 2 aliphatic rings. The molecule has 2 saturated heterocycles. The summed E-state index contributed by atoms with van der Waals surface area (Å²) >= 11 is 0. The fourth-order valence-corrected chi connectivity index (χ4v) is 3.78. The predicted octanol–water partition coefficient (Wildman–Crippen LogP) is 2.89. The minimum absolute atomic E-state index is 0.00784. The quantitative estimate of drug-likeness (QED) is 0.842. The molecular formula is C20H23N3O2. The minimum atomic E-state index is -0.00784. The normalized spacial score (nSPS) is 24.7. The highest BCUT2D eigenvalue weighted by molar-refractivity contribution is 5.94. The van der Waals surface area contributed by atoms with E-state index in [1.54, 1.807) is 24.3 Å². The third kappa shape index (κ3) is 3.77. The number of hydrogen-bond donors (Lipinski definition) is 2. The van der Waals surface area contributed by atoms with E-state index in [4.69, 9.17) is 10.5 Å². The molecule has 1 unspecified atom stereocenters. The van der Waals surface area contributed by atoms with Crippen molar-refractivity contribution in [3.63, 3.8) is 0 Å². The van der Waals surface area contributed by atoms with Crippen LogP contribution in [0.25, 0.3) is 0 Å². The van der Waals surface area contributed by atoms with Crippen LogP contribution in [0.15, 0.2) is 48.5 Å². The lowest BCUT2D eigenvalue weighted by molar-refractivity contribution is 0.0909. The fourth-order valence-electron chi connectivity index (χ4n) is 3.78. The van der Waals surface area contributed by atoms with Crippen LogP contribution in [0.4, 0.5) is 5.69 Å². The van der Waals surface area contributed by atoms with Crippen LogP contribution in [0, 0.1) is 5.92 Å². The van der Waals surface area contributed by atoms with Gasteiger partial charge in [-0.05, 0) is 73.8 Å². The Balaban J connectivity index is 1.36. The second-order valence-corrected chi connectivity index (χ2v) is 7.02. The maximum absolute atomic E-state index is 12.5. The van der Waals surface area contributed by atoms with Gasteiger partial charge in [-0.2, -0.15) is 0 Å². The van der Waals surface area contributed by atoms with Crippen molar-refractivity contribution in [3.05, 3.63) is 54.1 Å². The lowest BCUT2D eigenvalue weighted by Crippen LogP contribution is -2.46. The van der Waals surface area contributed by atoms with Crippen molar-refractivity contribution in [3.8, 4) is 11.5 Å². The third-order valence-electron chi connectivity index (χ3n) is 5.03. The molecule has 2 aromatic carbocycles. The number of nitrogens with zero attached hydrogens (tertiary/aromatic N) is 1. The van der Waals surface area contributed by atoms with Gasteiger partial charge >= 0.3 is 0 Å². The van der Waals surface area contributed by atoms with Gasteiger partial charge in [0.25, 0.3) is 5.91 Å². The van der Waals surface area contributed by atoms with Gasteiger partial charge in [-0.15, -0.1) is 0 Å². The maximum atomic E-state index is 12.5. The molecule has 2 bridgehead atoms. The minimum Gasteiger partial charge on any atom is -0.457 e. The summed E-state index contributed by atoms with van der Waals surface area (Å²) in [7, 11) is 0. The number of ether oxygens (including phenoxy) is 1. The summed E-state index contributed by atoms with van der Waals surface area (Å²) in [6.07, 6.45) is 2.37. The molecule has 2 aromatic rings. The van der Waals surface area contributed by atoms with Crippen molar-refractivity contribution in [1.82, 2.24) is 10.2 Å². The molecule has 0 aromatic heterocycles. The van der Waals surface area contributed by atoms with Gasteiger partial charge in [0.2, 0.25) is 0 Å². The highest BCUT2D eigenvalue weighted by Gasteiger charge is 2.32. The summed E-state index contributed by atoms with van der Waals surface area (Å²) in [5, 5.41) is 3.18. The fraction of sp³-hybridized carbons (Fsp3) is 0.350. The molecule has 2 aliphatic heterocycles. The van der Waals surface area contributed by atoms with Crippen LogP contribution >= 0.6 is 0 Å². The van der Waals surface area contributed by atoms with Gasteiger partial charge in [0.1, 0.15) is 11.5 Å². The maximum Gasteiger partial charge on any atom is 0.251 e. The van der Waals surface area contributed by atoms with Gasteiger partial charge in [-0.3, -0.25) is 4.79 Å². The molecular weight excluding hydrogens is 314 g/mol. The van der Waals surface area contributed by atoms with Gasteiger partial charge < -0.3 is 20.7 Å². The smallest absolute Gasteiger partial charge is 0.251 e. The molecule has 130 valence electrons. The first-order valence-corrected chi connectivity index (χ1v) is 8.82. The first-order chi connectivity index (χ1) is 12.2. The molecule has 0 spiro atoms. The van der Waals surface area contributed by atoms with Crippen molar-refractivity contribution in [1.29, 1.82) is 0 Å². The Morgan fingerprint density at radius 1 is 1.04 bits per heavy atom. The van der Waals surface area contributed by atoms with Crippen LogP contribution in [0.5, 0.6) is 11.5 Å². The van der Waals surface area contributed by atoms with E-state index in [0.29, 0.717) is 17.0 Å². The van der Waals surface area contributed by atoms with Crippen molar-refractivity contribution < 1.29 is 9.53 Å². The number of fused-ring (bicyclic) bond motifs is 2. The number of hydrogen-bond acceptors (Lipinski definition) is 4. The summed E-state index contributed by atoms with van der Waals surface area (Å²) < 4.78 is 5.76. The number of rotatable bonds is 4. The van der Waals surface area contributed by atoms with Gasteiger partial charge in [-0.1, -0.05) is 0 Å². The molecule has 2 heterocycles. The molecule has 1 amide bonds. The predicted molar refractivity (Wildman–Crippen MR) is 97.8 cm³/mol. The molecule has 3 N–H and O–H groups in total. The SMILES string of the molecule is Nc1ccc(Oc2ccc(C(=O)N[C@@H]3C[C@H]4CCN(C4)C3)cc2)cc1. The van der Waals surface area contributed by atoms with Crippen molar-refractivity contribution in [2.24, 2.45) is 5.92 Å². The van der Waals surface area contributed by atoms with Crippen molar-refractivity contribution in [2.75, 3.05) is 25.4 Å². The molecule has 5 heteroatoms. The van der Waals surface area contributed by atoms with E-state index in [1.807, 2.05) is 24.3 Å². The van der Waals surface area contributed by atoms with Gasteiger partial charge in [0.15, 0.2) is 0 Å². The average molecular weight is 337 g/mol. The lowest BCUT2D eigenvalue weighted by atomic mass is 9.96. The highest BCUT2D eigenvalue weighted by Crippen LogP contribution is 2.27. The molecule has 0 radical (unpaired) electrons. The Morgan fingerprint density at radius 3 is 2.40 bits per heavy atom. The topological polar surface area (TPSA) is 67.6 Å². The average Bonchev–Trinajstić information content (AvgIpc) is 2.96. The summed E-state index contributed by atoms with van der Waals surface area (Å²) in [4.78, 5) is 14.9. The number of anilines is 1. The first-order valence-electron chi connectivity index (χ1n) is 8.82. The van der Waals surface area contributed by atoms with Crippen LogP contribution < -0.4 is 15.8 Å². The number of carbonyl (C=O) groups is 1. The Morgan fingerprint density at radius 2 is 1.72 bits per heavy atom. The summed E-state index contributed by atoms with van der Waals surface area (Å²) in [6.45, 7) is 3.35. The molecule has 2 fully saturated rings. The Hall–Kier alpha value is -2.53. The molecule has 0 saturated carbocycles. The van der Waals surface area contributed by atoms with Gasteiger partial charge in [-0.25, -0.2) is 0 Å². The number of nitrogens with one attached hydrogen (secondary N) is 1. The van der Waals surface area contributed by atoms with E-state index in [9.17, 15) is 4.79 Å². The summed E-state index contributed by atoms with van der Waals surface area (Å²) in [5.74, 6) is 2.16. The Labute approximate surface area is 147 Å². The second kappa shape index (κ2) is 6.76. The lowest BCUT2D eigenvalue weighted by Gasteiger charge is -2.30. The molecule has 5 nitrogen and oxygen atoms in total. The van der Waals surface area contributed by atoms with Crippen molar-refractivity contribution >= 4 is 11.6 Å². The number of piperidine rings is 1. The molecule has 4 rings (SSSR count). The zero-order chi connectivity index (χ0) is 17.2.